The number of carboxylic acid groups (broad SMARTS) is 1. The minimum atomic E-state index is -1.08. The highest BCUT2D eigenvalue weighted by molar-refractivity contribution is 5.73. The van der Waals surface area contributed by atoms with Crippen molar-refractivity contribution < 1.29 is 14.3 Å². The van der Waals surface area contributed by atoms with E-state index >= 15 is 0 Å². The highest BCUT2D eigenvalue weighted by atomic mass is 19.1. The van der Waals surface area contributed by atoms with Gasteiger partial charge in [0.2, 0.25) is 0 Å². The quantitative estimate of drug-likeness (QED) is 0.784. The van der Waals surface area contributed by atoms with Crippen LogP contribution in [0.5, 0.6) is 0 Å². The van der Waals surface area contributed by atoms with Crippen LogP contribution in [0, 0.1) is 5.82 Å². The molecule has 3 heterocycles. The molecule has 2 aromatic heterocycles. The van der Waals surface area contributed by atoms with Crippen molar-refractivity contribution in [3.8, 4) is 0 Å². The number of hydrogen-bond acceptors (Lipinski definition) is 5. The summed E-state index contributed by atoms with van der Waals surface area (Å²) in [6, 6.07) is 0.516. The highest BCUT2D eigenvalue weighted by Crippen LogP contribution is 2.28. The smallest absolute Gasteiger partial charge is 0.404 e. The summed E-state index contributed by atoms with van der Waals surface area (Å²) in [4.78, 5) is 43.8. The first-order valence-corrected chi connectivity index (χ1v) is 10.4. The van der Waals surface area contributed by atoms with Crippen molar-refractivity contribution in [2.24, 2.45) is 0 Å². The van der Waals surface area contributed by atoms with Crippen LogP contribution in [-0.4, -0.2) is 56.4 Å². The molecule has 1 amide bonds. The van der Waals surface area contributed by atoms with Gasteiger partial charge in [0.05, 0.1) is 11.6 Å². The Kier molecular flexibility index (Phi) is 5.59. The fourth-order valence-electron chi connectivity index (χ4n) is 4.76. The summed E-state index contributed by atoms with van der Waals surface area (Å²) in [6.45, 7) is 1.65. The lowest BCUT2D eigenvalue weighted by molar-refractivity contribution is 0.181. The molecule has 0 aromatic carbocycles. The number of nitrogens with one attached hydrogen (secondary N) is 1. The SMILES string of the molecule is CN1CCC(n2c(=O)n(C3CCC(NC(=O)O)CC3)c(=O)c3cc(F)cnc32)CC1. The van der Waals surface area contributed by atoms with Gasteiger partial charge in [-0.25, -0.2) is 19.0 Å². The summed E-state index contributed by atoms with van der Waals surface area (Å²) in [5, 5.41) is 11.5. The van der Waals surface area contributed by atoms with Gasteiger partial charge in [-0.05, 0) is 64.7 Å². The Balaban J connectivity index is 1.78. The minimum Gasteiger partial charge on any atom is -0.465 e. The second kappa shape index (κ2) is 8.17. The topological polar surface area (TPSA) is 109 Å². The Labute approximate surface area is 172 Å². The molecule has 2 aliphatic rings. The zero-order valence-corrected chi connectivity index (χ0v) is 16.9. The van der Waals surface area contributed by atoms with Crippen molar-refractivity contribution in [2.45, 2.75) is 56.7 Å². The molecule has 2 aromatic rings. The van der Waals surface area contributed by atoms with Crippen molar-refractivity contribution in [1.82, 2.24) is 24.3 Å². The summed E-state index contributed by atoms with van der Waals surface area (Å²) in [7, 11) is 2.02. The maximum absolute atomic E-state index is 13.9. The monoisotopic (exact) mass is 419 g/mol. The summed E-state index contributed by atoms with van der Waals surface area (Å²) in [5.74, 6) is -0.617. The van der Waals surface area contributed by atoms with Gasteiger partial charge in [0.25, 0.3) is 5.56 Å². The number of hydrogen-bond donors (Lipinski definition) is 2. The molecule has 0 spiro atoms. The molecule has 1 aliphatic carbocycles. The van der Waals surface area contributed by atoms with E-state index < -0.39 is 23.2 Å². The van der Waals surface area contributed by atoms with E-state index in [2.05, 4.69) is 15.2 Å². The third kappa shape index (κ3) is 3.83. The van der Waals surface area contributed by atoms with E-state index in [9.17, 15) is 18.8 Å². The number of halogens is 1. The van der Waals surface area contributed by atoms with E-state index in [4.69, 9.17) is 5.11 Å². The zero-order valence-electron chi connectivity index (χ0n) is 16.9. The van der Waals surface area contributed by atoms with E-state index in [1.165, 1.54) is 4.57 Å². The van der Waals surface area contributed by atoms with E-state index in [1.807, 2.05) is 7.05 Å². The standard InChI is InChI=1S/C20H26FN5O4/c1-24-8-6-15(7-9-24)25-17-16(10-12(21)11-22-17)18(27)26(20(25)30)14-4-2-13(3-5-14)23-19(28)29/h10-11,13-15,23H,2-9H2,1H3,(H,28,29). The first-order chi connectivity index (χ1) is 14.3. The van der Waals surface area contributed by atoms with Crippen LogP contribution in [0.3, 0.4) is 0 Å². The largest absolute Gasteiger partial charge is 0.465 e. The third-order valence-electron chi connectivity index (χ3n) is 6.37. The van der Waals surface area contributed by atoms with Crippen molar-refractivity contribution >= 4 is 17.1 Å². The molecule has 10 heteroatoms. The van der Waals surface area contributed by atoms with Crippen molar-refractivity contribution in [2.75, 3.05) is 20.1 Å². The minimum absolute atomic E-state index is 0.106. The average molecular weight is 419 g/mol. The molecule has 30 heavy (non-hydrogen) atoms. The number of amides is 1. The molecule has 162 valence electrons. The first kappa shape index (κ1) is 20.5. The molecule has 9 nitrogen and oxygen atoms in total. The summed E-state index contributed by atoms with van der Waals surface area (Å²) in [5.41, 5.74) is -0.699. The normalized spacial score (nSPS) is 23.5. The highest BCUT2D eigenvalue weighted by Gasteiger charge is 2.30. The van der Waals surface area contributed by atoms with E-state index in [1.54, 1.807) is 4.57 Å². The van der Waals surface area contributed by atoms with Gasteiger partial charge in [-0.15, -0.1) is 0 Å². The Morgan fingerprint density at radius 1 is 1.10 bits per heavy atom. The predicted octanol–water partition coefficient (Wildman–Crippen LogP) is 1.72. The van der Waals surface area contributed by atoms with Gasteiger partial charge in [-0.1, -0.05) is 0 Å². The lowest BCUT2D eigenvalue weighted by Crippen LogP contribution is -2.47. The van der Waals surface area contributed by atoms with Gasteiger partial charge in [0, 0.05) is 18.1 Å². The third-order valence-corrected chi connectivity index (χ3v) is 6.37. The molecular formula is C20H26FN5O4. The number of rotatable bonds is 3. The van der Waals surface area contributed by atoms with Gasteiger partial charge in [-0.3, -0.25) is 13.9 Å². The van der Waals surface area contributed by atoms with Crippen LogP contribution in [0.15, 0.2) is 21.9 Å². The van der Waals surface area contributed by atoms with E-state index in [-0.39, 0.29) is 29.2 Å². The Morgan fingerprint density at radius 3 is 2.37 bits per heavy atom. The molecule has 1 saturated heterocycles. The number of likely N-dealkylation sites (tertiary alicyclic amines) is 1. The molecule has 4 rings (SSSR count). The molecule has 2 fully saturated rings. The summed E-state index contributed by atoms with van der Waals surface area (Å²) < 4.78 is 16.7. The van der Waals surface area contributed by atoms with Gasteiger partial charge in [0.15, 0.2) is 0 Å². The molecule has 0 atom stereocenters. The number of carbonyl (C=O) groups is 1. The summed E-state index contributed by atoms with van der Waals surface area (Å²) in [6.07, 6.45) is 3.54. The van der Waals surface area contributed by atoms with Crippen LogP contribution < -0.4 is 16.6 Å². The second-order valence-electron chi connectivity index (χ2n) is 8.34. The van der Waals surface area contributed by atoms with Gasteiger partial charge in [0.1, 0.15) is 11.5 Å². The van der Waals surface area contributed by atoms with Crippen molar-refractivity contribution in [3.05, 3.63) is 38.9 Å². The molecule has 1 saturated carbocycles. The van der Waals surface area contributed by atoms with Gasteiger partial charge < -0.3 is 15.3 Å². The number of pyridine rings is 1. The van der Waals surface area contributed by atoms with Crippen LogP contribution >= 0.6 is 0 Å². The second-order valence-corrected chi connectivity index (χ2v) is 8.34. The Hall–Kier alpha value is -2.75. The molecular weight excluding hydrogens is 393 g/mol. The number of piperidine rings is 1. The van der Waals surface area contributed by atoms with E-state index in [0.717, 1.165) is 38.2 Å². The van der Waals surface area contributed by atoms with Crippen LogP contribution in [0.1, 0.15) is 50.6 Å². The Morgan fingerprint density at radius 2 is 1.73 bits per heavy atom. The fraction of sp³-hybridized carbons (Fsp3) is 0.600. The van der Waals surface area contributed by atoms with Gasteiger partial charge >= 0.3 is 11.8 Å². The van der Waals surface area contributed by atoms with Crippen LogP contribution in [0.2, 0.25) is 0 Å². The van der Waals surface area contributed by atoms with Crippen LogP contribution in [0.4, 0.5) is 9.18 Å². The first-order valence-electron chi connectivity index (χ1n) is 10.4. The lowest BCUT2D eigenvalue weighted by atomic mass is 9.91. The number of nitrogens with zero attached hydrogens (tertiary/aromatic N) is 4. The molecule has 2 N–H and O–H groups in total. The average Bonchev–Trinajstić information content (AvgIpc) is 2.71. The Bertz CT molecular complexity index is 1070. The molecule has 1 aliphatic heterocycles. The molecule has 0 bridgehead atoms. The lowest BCUT2D eigenvalue weighted by Gasteiger charge is -2.33. The summed E-state index contributed by atoms with van der Waals surface area (Å²) >= 11 is 0. The zero-order chi connectivity index (χ0) is 21.4. The van der Waals surface area contributed by atoms with Crippen molar-refractivity contribution in [1.29, 1.82) is 0 Å². The van der Waals surface area contributed by atoms with E-state index in [0.29, 0.717) is 25.7 Å². The maximum atomic E-state index is 13.9. The molecule has 0 unspecified atom stereocenters. The fourth-order valence-corrected chi connectivity index (χ4v) is 4.76. The van der Waals surface area contributed by atoms with Crippen LogP contribution in [0.25, 0.3) is 11.0 Å². The van der Waals surface area contributed by atoms with Gasteiger partial charge in [-0.2, -0.15) is 0 Å². The maximum Gasteiger partial charge on any atom is 0.404 e. The predicted molar refractivity (Wildman–Crippen MR) is 108 cm³/mol. The number of fused-ring (bicyclic) bond motifs is 1. The van der Waals surface area contributed by atoms with Crippen LogP contribution in [-0.2, 0) is 0 Å². The van der Waals surface area contributed by atoms with Crippen molar-refractivity contribution in [3.63, 3.8) is 0 Å². The number of aromatic nitrogens is 3. The molecule has 0 radical (unpaired) electrons.